The first-order valence-electron chi connectivity index (χ1n) is 10.7. The smallest absolute Gasteiger partial charge is 0.192 e. The van der Waals surface area contributed by atoms with Crippen molar-refractivity contribution in [2.75, 3.05) is 13.7 Å². The molecule has 3 rings (SSSR count). The quantitative estimate of drug-likeness (QED) is 0.196. The third-order valence-corrected chi connectivity index (χ3v) is 5.02. The predicted octanol–water partition coefficient (Wildman–Crippen LogP) is 4.25. The summed E-state index contributed by atoms with van der Waals surface area (Å²) in [5, 5.41) is 17.9. The van der Waals surface area contributed by atoms with Crippen LogP contribution in [-0.4, -0.2) is 40.0 Å². The van der Waals surface area contributed by atoms with Crippen molar-refractivity contribution in [1.82, 2.24) is 31.0 Å². The van der Waals surface area contributed by atoms with Crippen molar-refractivity contribution in [3.63, 3.8) is 0 Å². The largest absolute Gasteiger partial charge is 0.497 e. The molecule has 0 saturated carbocycles. The number of hydrogen-bond donors (Lipinski definition) is 3. The van der Waals surface area contributed by atoms with Gasteiger partial charge in [0.15, 0.2) is 17.5 Å². The monoisotopic (exact) mass is 553 g/mol. The van der Waals surface area contributed by atoms with Gasteiger partial charge in [0, 0.05) is 24.1 Å². The Balaban J connectivity index is 0.00000363. The maximum atomic E-state index is 5.48. The SMILES string of the molecule is CCNC(=NCc1nc(-c2ccc(OC)cc2)n[nH]1)NCc1cc(C(CC)CC)no1.I. The maximum Gasteiger partial charge on any atom is 0.192 e. The summed E-state index contributed by atoms with van der Waals surface area (Å²) < 4.78 is 10.7. The average molecular weight is 553 g/mol. The molecule has 0 fully saturated rings. The molecule has 0 saturated heterocycles. The van der Waals surface area contributed by atoms with Crippen molar-refractivity contribution in [2.24, 2.45) is 4.99 Å². The van der Waals surface area contributed by atoms with Gasteiger partial charge in [-0.25, -0.2) is 9.98 Å². The standard InChI is InChI=1S/C22H31N7O2.HI/c1-5-15(6-2)19-12-18(31-29-19)13-24-22(23-7-3)25-14-20-26-21(28-27-20)16-8-10-17(30-4)11-9-16;/h8-12,15H,5-7,13-14H2,1-4H3,(H2,23,24,25)(H,26,27,28);1H. The third-order valence-electron chi connectivity index (χ3n) is 5.02. The molecule has 0 bridgehead atoms. The molecule has 0 atom stereocenters. The van der Waals surface area contributed by atoms with Crippen molar-refractivity contribution in [3.05, 3.63) is 47.6 Å². The van der Waals surface area contributed by atoms with Gasteiger partial charge in [0.1, 0.15) is 18.1 Å². The fraction of sp³-hybridized carbons (Fsp3) is 0.455. The Morgan fingerprint density at radius 1 is 1.16 bits per heavy atom. The Kier molecular flexibility index (Phi) is 10.4. The number of aromatic nitrogens is 4. The molecule has 174 valence electrons. The van der Waals surface area contributed by atoms with Gasteiger partial charge in [0.2, 0.25) is 0 Å². The van der Waals surface area contributed by atoms with Crippen LogP contribution < -0.4 is 15.4 Å². The van der Waals surface area contributed by atoms with Gasteiger partial charge in [-0.15, -0.1) is 24.0 Å². The summed E-state index contributed by atoms with van der Waals surface area (Å²) >= 11 is 0. The number of aliphatic imine (C=N–C) groups is 1. The molecule has 0 radical (unpaired) electrons. The summed E-state index contributed by atoms with van der Waals surface area (Å²) in [5.74, 6) is 3.99. The van der Waals surface area contributed by atoms with Crippen molar-refractivity contribution < 1.29 is 9.26 Å². The van der Waals surface area contributed by atoms with E-state index < -0.39 is 0 Å². The van der Waals surface area contributed by atoms with Gasteiger partial charge in [-0.05, 0) is 44.0 Å². The van der Waals surface area contributed by atoms with E-state index in [4.69, 9.17) is 9.26 Å². The molecule has 0 aliphatic carbocycles. The summed E-state index contributed by atoms with van der Waals surface area (Å²) in [5.41, 5.74) is 1.92. The number of hydrogen-bond acceptors (Lipinski definition) is 6. The highest BCUT2D eigenvalue weighted by molar-refractivity contribution is 14.0. The number of halogens is 1. The second-order valence-electron chi connectivity index (χ2n) is 7.11. The number of H-pyrrole nitrogens is 1. The van der Waals surface area contributed by atoms with Crippen LogP contribution in [-0.2, 0) is 13.1 Å². The van der Waals surface area contributed by atoms with E-state index in [-0.39, 0.29) is 24.0 Å². The Morgan fingerprint density at radius 3 is 2.56 bits per heavy atom. The van der Waals surface area contributed by atoms with E-state index in [1.165, 1.54) is 0 Å². The summed E-state index contributed by atoms with van der Waals surface area (Å²) in [4.78, 5) is 9.12. The number of methoxy groups -OCH3 is 1. The molecule has 0 aliphatic rings. The molecule has 32 heavy (non-hydrogen) atoms. The molecule has 2 aromatic heterocycles. The first kappa shape index (κ1) is 25.6. The Bertz CT molecular complexity index is 965. The highest BCUT2D eigenvalue weighted by Crippen LogP contribution is 2.22. The minimum Gasteiger partial charge on any atom is -0.497 e. The molecule has 0 unspecified atom stereocenters. The topological polar surface area (TPSA) is 113 Å². The molecule has 3 aromatic rings. The third kappa shape index (κ3) is 6.94. The molecule has 10 heteroatoms. The van der Waals surface area contributed by atoms with Gasteiger partial charge >= 0.3 is 0 Å². The van der Waals surface area contributed by atoms with E-state index in [2.05, 4.69) is 49.8 Å². The van der Waals surface area contributed by atoms with E-state index in [1.54, 1.807) is 7.11 Å². The van der Waals surface area contributed by atoms with Crippen molar-refractivity contribution >= 4 is 29.9 Å². The number of benzene rings is 1. The van der Waals surface area contributed by atoms with Crippen LogP contribution in [0.1, 0.15) is 56.8 Å². The molecular weight excluding hydrogens is 521 g/mol. The van der Waals surface area contributed by atoms with Crippen molar-refractivity contribution in [3.8, 4) is 17.1 Å². The van der Waals surface area contributed by atoms with Crippen LogP contribution in [0.2, 0.25) is 0 Å². The van der Waals surface area contributed by atoms with Gasteiger partial charge in [-0.1, -0.05) is 19.0 Å². The summed E-state index contributed by atoms with van der Waals surface area (Å²) in [7, 11) is 1.64. The summed E-state index contributed by atoms with van der Waals surface area (Å²) in [6.07, 6.45) is 2.10. The number of ether oxygens (including phenoxy) is 1. The normalized spacial score (nSPS) is 11.3. The van der Waals surface area contributed by atoms with Crippen LogP contribution in [0.3, 0.4) is 0 Å². The lowest BCUT2D eigenvalue weighted by molar-refractivity contribution is 0.368. The minimum absolute atomic E-state index is 0. The highest BCUT2D eigenvalue weighted by atomic mass is 127. The van der Waals surface area contributed by atoms with Crippen LogP contribution in [0.5, 0.6) is 5.75 Å². The summed E-state index contributed by atoms with van der Waals surface area (Å²) in [6, 6.07) is 9.64. The van der Waals surface area contributed by atoms with Crippen LogP contribution in [0.25, 0.3) is 11.4 Å². The molecule has 3 N–H and O–H groups in total. The van der Waals surface area contributed by atoms with Crippen LogP contribution in [0, 0.1) is 0 Å². The molecular formula is C22H32IN7O2. The van der Waals surface area contributed by atoms with E-state index in [9.17, 15) is 0 Å². The van der Waals surface area contributed by atoms with E-state index >= 15 is 0 Å². The number of aromatic amines is 1. The fourth-order valence-corrected chi connectivity index (χ4v) is 3.21. The number of nitrogens with zero attached hydrogens (tertiary/aromatic N) is 4. The second kappa shape index (κ2) is 13.0. The van der Waals surface area contributed by atoms with Gasteiger partial charge in [0.05, 0.1) is 19.3 Å². The lowest BCUT2D eigenvalue weighted by atomic mass is 9.99. The highest BCUT2D eigenvalue weighted by Gasteiger charge is 2.13. The molecule has 1 aromatic carbocycles. The second-order valence-corrected chi connectivity index (χ2v) is 7.11. The zero-order valence-corrected chi connectivity index (χ0v) is 21.3. The first-order valence-corrected chi connectivity index (χ1v) is 10.7. The van der Waals surface area contributed by atoms with Gasteiger partial charge < -0.3 is 19.9 Å². The van der Waals surface area contributed by atoms with Crippen molar-refractivity contribution in [2.45, 2.75) is 52.6 Å². The minimum atomic E-state index is 0. The van der Waals surface area contributed by atoms with Gasteiger partial charge in [-0.2, -0.15) is 5.10 Å². The molecule has 0 amide bonds. The Labute approximate surface area is 205 Å². The Morgan fingerprint density at radius 2 is 1.91 bits per heavy atom. The summed E-state index contributed by atoms with van der Waals surface area (Å²) in [6.45, 7) is 7.97. The zero-order chi connectivity index (χ0) is 22.1. The van der Waals surface area contributed by atoms with E-state index in [0.29, 0.717) is 36.6 Å². The molecule has 2 heterocycles. The first-order chi connectivity index (χ1) is 15.2. The van der Waals surface area contributed by atoms with E-state index in [1.807, 2.05) is 37.3 Å². The average Bonchev–Trinajstić information content (AvgIpc) is 3.47. The molecule has 0 aliphatic heterocycles. The molecule has 9 nitrogen and oxygen atoms in total. The van der Waals surface area contributed by atoms with Crippen LogP contribution in [0.15, 0.2) is 39.8 Å². The lowest BCUT2D eigenvalue weighted by Gasteiger charge is -2.09. The van der Waals surface area contributed by atoms with E-state index in [0.717, 1.165) is 42.2 Å². The number of guanidine groups is 1. The number of nitrogens with one attached hydrogen (secondary N) is 3. The van der Waals surface area contributed by atoms with Gasteiger partial charge in [-0.3, -0.25) is 5.10 Å². The Hall–Kier alpha value is -2.63. The van der Waals surface area contributed by atoms with Gasteiger partial charge in [0.25, 0.3) is 0 Å². The maximum absolute atomic E-state index is 5.48. The predicted molar refractivity (Wildman–Crippen MR) is 135 cm³/mol. The van der Waals surface area contributed by atoms with Crippen LogP contribution in [0.4, 0.5) is 0 Å². The van der Waals surface area contributed by atoms with Crippen LogP contribution >= 0.6 is 24.0 Å². The fourth-order valence-electron chi connectivity index (χ4n) is 3.21. The number of rotatable bonds is 10. The van der Waals surface area contributed by atoms with Crippen molar-refractivity contribution in [1.29, 1.82) is 0 Å². The molecule has 0 spiro atoms. The zero-order valence-electron chi connectivity index (χ0n) is 19.0. The lowest BCUT2D eigenvalue weighted by Crippen LogP contribution is -2.36.